The predicted octanol–water partition coefficient (Wildman–Crippen LogP) is 3.05. The fraction of sp³-hybridized carbons (Fsp3) is 0.350. The van der Waals surface area contributed by atoms with E-state index in [1.54, 1.807) is 12.1 Å². The maximum atomic E-state index is 12.4. The molecule has 1 aliphatic carbocycles. The van der Waals surface area contributed by atoms with Crippen molar-refractivity contribution in [1.82, 2.24) is 10.0 Å². The SMILES string of the molecule is CC(CCNC(=O)c1cccc(S(=O)(=O)NC2CC2)c1)c1ccccc1. The fourth-order valence-corrected chi connectivity index (χ4v) is 4.10. The zero-order valence-electron chi connectivity index (χ0n) is 14.8. The summed E-state index contributed by atoms with van der Waals surface area (Å²) in [6, 6.07) is 16.4. The maximum absolute atomic E-state index is 12.4. The number of amides is 1. The fourth-order valence-electron chi connectivity index (χ4n) is 2.75. The number of hydrogen-bond donors (Lipinski definition) is 2. The molecule has 2 N–H and O–H groups in total. The van der Waals surface area contributed by atoms with Crippen molar-refractivity contribution in [3.05, 3.63) is 65.7 Å². The first-order valence-electron chi connectivity index (χ1n) is 8.91. The van der Waals surface area contributed by atoms with Gasteiger partial charge in [0, 0.05) is 18.2 Å². The van der Waals surface area contributed by atoms with Crippen LogP contribution in [0.25, 0.3) is 0 Å². The monoisotopic (exact) mass is 372 g/mol. The normalized spacial score (nSPS) is 15.4. The van der Waals surface area contributed by atoms with Gasteiger partial charge >= 0.3 is 0 Å². The quantitative estimate of drug-likeness (QED) is 0.748. The Balaban J connectivity index is 1.57. The van der Waals surface area contributed by atoms with Crippen molar-refractivity contribution < 1.29 is 13.2 Å². The van der Waals surface area contributed by atoms with E-state index in [1.807, 2.05) is 18.2 Å². The Morgan fingerprint density at radius 1 is 1.12 bits per heavy atom. The third-order valence-electron chi connectivity index (χ3n) is 4.54. The van der Waals surface area contributed by atoms with Crippen molar-refractivity contribution in [3.8, 4) is 0 Å². The molecule has 5 nitrogen and oxygen atoms in total. The first-order chi connectivity index (χ1) is 12.5. The molecule has 1 aliphatic rings. The molecule has 1 atom stereocenters. The molecular formula is C20H24N2O3S. The number of hydrogen-bond acceptors (Lipinski definition) is 3. The van der Waals surface area contributed by atoms with Gasteiger partial charge in [0.15, 0.2) is 0 Å². The number of rotatable bonds is 8. The lowest BCUT2D eigenvalue weighted by molar-refractivity contribution is 0.0952. The van der Waals surface area contributed by atoms with Gasteiger partial charge in [-0.1, -0.05) is 43.3 Å². The molecule has 138 valence electrons. The largest absolute Gasteiger partial charge is 0.352 e. The molecule has 2 aromatic carbocycles. The summed E-state index contributed by atoms with van der Waals surface area (Å²) >= 11 is 0. The highest BCUT2D eigenvalue weighted by molar-refractivity contribution is 7.89. The Hall–Kier alpha value is -2.18. The average molecular weight is 372 g/mol. The van der Waals surface area contributed by atoms with Crippen LogP contribution in [0.15, 0.2) is 59.5 Å². The van der Waals surface area contributed by atoms with E-state index in [4.69, 9.17) is 0 Å². The minimum absolute atomic E-state index is 0.0388. The van der Waals surface area contributed by atoms with Gasteiger partial charge in [0.25, 0.3) is 5.91 Å². The van der Waals surface area contributed by atoms with Crippen LogP contribution >= 0.6 is 0 Å². The first-order valence-corrected chi connectivity index (χ1v) is 10.4. The van der Waals surface area contributed by atoms with Gasteiger partial charge in [-0.2, -0.15) is 0 Å². The van der Waals surface area contributed by atoms with Gasteiger partial charge in [0.1, 0.15) is 0 Å². The molecule has 0 aromatic heterocycles. The van der Waals surface area contributed by atoms with E-state index in [0.29, 0.717) is 18.0 Å². The van der Waals surface area contributed by atoms with Crippen molar-refractivity contribution in [2.75, 3.05) is 6.54 Å². The van der Waals surface area contributed by atoms with Crippen LogP contribution in [-0.4, -0.2) is 26.9 Å². The third-order valence-corrected chi connectivity index (χ3v) is 6.06. The van der Waals surface area contributed by atoms with Gasteiger partial charge in [-0.05, 0) is 48.9 Å². The van der Waals surface area contributed by atoms with E-state index in [2.05, 4.69) is 29.1 Å². The van der Waals surface area contributed by atoms with Crippen LogP contribution in [0.1, 0.15) is 48.0 Å². The molecule has 26 heavy (non-hydrogen) atoms. The summed E-state index contributed by atoms with van der Waals surface area (Å²) in [6.45, 7) is 2.66. The average Bonchev–Trinajstić information content (AvgIpc) is 3.45. The summed E-state index contributed by atoms with van der Waals surface area (Å²) in [6.07, 6.45) is 2.56. The summed E-state index contributed by atoms with van der Waals surface area (Å²) in [5.74, 6) is 0.0830. The lowest BCUT2D eigenvalue weighted by atomic mass is 9.98. The van der Waals surface area contributed by atoms with Crippen molar-refractivity contribution in [2.24, 2.45) is 0 Å². The van der Waals surface area contributed by atoms with Crippen LogP contribution in [0.5, 0.6) is 0 Å². The van der Waals surface area contributed by atoms with E-state index in [9.17, 15) is 13.2 Å². The molecule has 1 fully saturated rings. The second kappa shape index (κ2) is 8.01. The summed E-state index contributed by atoms with van der Waals surface area (Å²) in [4.78, 5) is 12.5. The number of carbonyl (C=O) groups is 1. The van der Waals surface area contributed by atoms with E-state index >= 15 is 0 Å². The minimum atomic E-state index is -3.55. The number of sulfonamides is 1. The summed E-state index contributed by atoms with van der Waals surface area (Å²) in [5, 5.41) is 2.88. The van der Waals surface area contributed by atoms with Crippen LogP contribution in [0, 0.1) is 0 Å². The highest BCUT2D eigenvalue weighted by Gasteiger charge is 2.28. The maximum Gasteiger partial charge on any atom is 0.251 e. The Kier molecular flexibility index (Phi) is 5.74. The zero-order chi connectivity index (χ0) is 18.6. The predicted molar refractivity (Wildman–Crippen MR) is 102 cm³/mol. The van der Waals surface area contributed by atoms with Gasteiger partial charge < -0.3 is 5.32 Å². The molecule has 2 aromatic rings. The van der Waals surface area contributed by atoms with E-state index in [1.165, 1.54) is 17.7 Å². The number of nitrogens with one attached hydrogen (secondary N) is 2. The molecule has 0 radical (unpaired) electrons. The Labute approximate surface area is 154 Å². The highest BCUT2D eigenvalue weighted by atomic mass is 32.2. The van der Waals surface area contributed by atoms with Crippen molar-refractivity contribution in [2.45, 2.75) is 43.0 Å². The van der Waals surface area contributed by atoms with Gasteiger partial charge in [0.05, 0.1) is 4.90 Å². The molecule has 3 rings (SSSR count). The molecular weight excluding hydrogens is 348 g/mol. The molecule has 0 saturated heterocycles. The van der Waals surface area contributed by atoms with Crippen LogP contribution in [-0.2, 0) is 10.0 Å². The summed E-state index contributed by atoms with van der Waals surface area (Å²) in [7, 11) is -3.55. The molecule has 1 amide bonds. The van der Waals surface area contributed by atoms with Gasteiger partial charge in [-0.15, -0.1) is 0 Å². The lowest BCUT2D eigenvalue weighted by Gasteiger charge is -2.13. The second-order valence-electron chi connectivity index (χ2n) is 6.78. The van der Waals surface area contributed by atoms with E-state index < -0.39 is 10.0 Å². The van der Waals surface area contributed by atoms with Crippen molar-refractivity contribution in [3.63, 3.8) is 0 Å². The number of benzene rings is 2. The van der Waals surface area contributed by atoms with Gasteiger partial charge in [0.2, 0.25) is 10.0 Å². The minimum Gasteiger partial charge on any atom is -0.352 e. The van der Waals surface area contributed by atoms with Crippen LogP contribution in [0.4, 0.5) is 0 Å². The molecule has 1 unspecified atom stereocenters. The number of carbonyl (C=O) groups excluding carboxylic acids is 1. The van der Waals surface area contributed by atoms with E-state index in [-0.39, 0.29) is 16.8 Å². The van der Waals surface area contributed by atoms with Gasteiger partial charge in [-0.25, -0.2) is 13.1 Å². The standard InChI is InChI=1S/C20H24N2O3S/c1-15(16-6-3-2-4-7-16)12-13-21-20(23)17-8-5-9-19(14-17)26(24,25)22-18-10-11-18/h2-9,14-15,18,22H,10-13H2,1H3,(H,21,23). The molecule has 0 aliphatic heterocycles. The van der Waals surface area contributed by atoms with Crippen molar-refractivity contribution in [1.29, 1.82) is 0 Å². The highest BCUT2D eigenvalue weighted by Crippen LogP contribution is 2.22. The molecule has 0 bridgehead atoms. The lowest BCUT2D eigenvalue weighted by Crippen LogP contribution is -2.27. The van der Waals surface area contributed by atoms with Crippen LogP contribution in [0.2, 0.25) is 0 Å². The second-order valence-corrected chi connectivity index (χ2v) is 8.49. The molecule has 0 heterocycles. The first kappa shape index (κ1) is 18.6. The van der Waals surface area contributed by atoms with Crippen LogP contribution < -0.4 is 10.0 Å². The zero-order valence-corrected chi connectivity index (χ0v) is 15.6. The summed E-state index contributed by atoms with van der Waals surface area (Å²) < 4.78 is 27.2. The molecule has 6 heteroatoms. The smallest absolute Gasteiger partial charge is 0.251 e. The van der Waals surface area contributed by atoms with Gasteiger partial charge in [-0.3, -0.25) is 4.79 Å². The third kappa shape index (κ3) is 4.93. The molecule has 0 spiro atoms. The molecule has 1 saturated carbocycles. The summed E-state index contributed by atoms with van der Waals surface area (Å²) in [5.41, 5.74) is 1.59. The topological polar surface area (TPSA) is 75.3 Å². The van der Waals surface area contributed by atoms with Crippen LogP contribution in [0.3, 0.4) is 0 Å². The Morgan fingerprint density at radius 2 is 1.85 bits per heavy atom. The Bertz CT molecular complexity index is 862. The van der Waals surface area contributed by atoms with Crippen molar-refractivity contribution >= 4 is 15.9 Å². The Morgan fingerprint density at radius 3 is 2.54 bits per heavy atom. The van der Waals surface area contributed by atoms with E-state index in [0.717, 1.165) is 19.3 Å².